The van der Waals surface area contributed by atoms with Gasteiger partial charge in [-0.15, -0.1) is 0 Å². The molecule has 0 spiro atoms. The molecule has 0 bridgehead atoms. The van der Waals surface area contributed by atoms with Crippen molar-refractivity contribution in [1.82, 2.24) is 0 Å². The number of rotatable bonds is 4. The lowest BCUT2D eigenvalue weighted by molar-refractivity contribution is 0.0817. The van der Waals surface area contributed by atoms with E-state index in [1.165, 1.54) is 13.0 Å². The third-order valence-electron chi connectivity index (χ3n) is 2.77. The molecule has 0 heterocycles. The third-order valence-corrected chi connectivity index (χ3v) is 3.07. The number of hydrogen-bond donors (Lipinski definition) is 0. The highest BCUT2D eigenvalue weighted by molar-refractivity contribution is 6.32. The van der Waals surface area contributed by atoms with E-state index >= 15 is 0 Å². The molecule has 2 aromatic rings. The van der Waals surface area contributed by atoms with Gasteiger partial charge >= 0.3 is 0 Å². The zero-order valence-corrected chi connectivity index (χ0v) is 11.6. The molecule has 110 valence electrons. The van der Waals surface area contributed by atoms with Crippen LogP contribution >= 0.6 is 11.6 Å². The minimum absolute atomic E-state index is 0.0138. The molecule has 2 aromatic carbocycles. The van der Waals surface area contributed by atoms with Gasteiger partial charge in [-0.3, -0.25) is 4.79 Å². The summed E-state index contributed by atoms with van der Waals surface area (Å²) < 4.78 is 44.2. The molecule has 0 radical (unpaired) electrons. The van der Waals surface area contributed by atoms with Crippen LogP contribution in [0.2, 0.25) is 5.02 Å². The van der Waals surface area contributed by atoms with Gasteiger partial charge in [0.15, 0.2) is 17.7 Å². The largest absolute Gasteiger partial charge is 0.481 e. The Balaban J connectivity index is 2.17. The van der Waals surface area contributed by atoms with E-state index in [1.807, 2.05) is 0 Å². The van der Waals surface area contributed by atoms with Crippen molar-refractivity contribution in [1.29, 1.82) is 0 Å². The van der Waals surface area contributed by atoms with E-state index in [0.29, 0.717) is 0 Å². The maximum atomic E-state index is 13.1. The number of ether oxygens (including phenoxy) is 1. The minimum atomic E-state index is -1.12. The first-order valence-electron chi connectivity index (χ1n) is 5.99. The second kappa shape index (κ2) is 6.18. The van der Waals surface area contributed by atoms with Crippen LogP contribution in [0.3, 0.4) is 0 Å². The quantitative estimate of drug-likeness (QED) is 0.781. The van der Waals surface area contributed by atoms with E-state index in [1.54, 1.807) is 0 Å². The second-order valence-corrected chi connectivity index (χ2v) is 4.74. The molecule has 0 aromatic heterocycles. The molecule has 0 fully saturated rings. The van der Waals surface area contributed by atoms with Gasteiger partial charge in [-0.25, -0.2) is 13.2 Å². The Labute approximate surface area is 124 Å². The summed E-state index contributed by atoms with van der Waals surface area (Å²) >= 11 is 5.78. The molecule has 0 aliphatic heterocycles. The first-order chi connectivity index (χ1) is 9.88. The molecule has 2 nitrogen and oxygen atoms in total. The summed E-state index contributed by atoms with van der Waals surface area (Å²) in [5.41, 5.74) is -0.0281. The molecular weight excluding hydrogens is 305 g/mol. The lowest BCUT2D eigenvalue weighted by atomic mass is 10.1. The van der Waals surface area contributed by atoms with E-state index in [4.69, 9.17) is 16.3 Å². The monoisotopic (exact) mass is 314 g/mol. The van der Waals surface area contributed by atoms with Crippen LogP contribution in [0.5, 0.6) is 5.75 Å². The summed E-state index contributed by atoms with van der Waals surface area (Å²) in [7, 11) is 0. The van der Waals surface area contributed by atoms with Crippen molar-refractivity contribution in [2.24, 2.45) is 0 Å². The van der Waals surface area contributed by atoms with Crippen LogP contribution < -0.4 is 4.74 Å². The summed E-state index contributed by atoms with van der Waals surface area (Å²) in [6.07, 6.45) is -0.988. The van der Waals surface area contributed by atoms with Crippen molar-refractivity contribution < 1.29 is 22.7 Å². The molecule has 1 atom stereocenters. The average molecular weight is 315 g/mol. The van der Waals surface area contributed by atoms with Gasteiger partial charge < -0.3 is 4.74 Å². The van der Waals surface area contributed by atoms with Gasteiger partial charge in [-0.1, -0.05) is 11.6 Å². The number of halogens is 4. The predicted octanol–water partition coefficient (Wildman–Crippen LogP) is 4.41. The van der Waals surface area contributed by atoms with Crippen LogP contribution in [-0.4, -0.2) is 11.9 Å². The Morgan fingerprint density at radius 2 is 1.81 bits per heavy atom. The summed E-state index contributed by atoms with van der Waals surface area (Å²) in [6.45, 7) is 1.43. The number of benzene rings is 2. The normalized spacial score (nSPS) is 12.0. The first-order valence-corrected chi connectivity index (χ1v) is 6.37. The molecule has 0 saturated carbocycles. The van der Waals surface area contributed by atoms with Crippen LogP contribution in [-0.2, 0) is 0 Å². The van der Waals surface area contributed by atoms with Crippen molar-refractivity contribution in [3.05, 3.63) is 64.4 Å². The second-order valence-electron chi connectivity index (χ2n) is 4.33. The highest BCUT2D eigenvalue weighted by Gasteiger charge is 2.19. The molecule has 0 saturated heterocycles. The number of Topliss-reactive ketones (excluding diaryl/α,β-unsaturated/α-hetero) is 1. The first kappa shape index (κ1) is 15.4. The molecule has 2 rings (SSSR count). The molecule has 0 amide bonds. The zero-order chi connectivity index (χ0) is 15.6. The summed E-state index contributed by atoms with van der Waals surface area (Å²) in [5.74, 6) is -3.11. The van der Waals surface area contributed by atoms with E-state index in [-0.39, 0.29) is 16.3 Å². The van der Waals surface area contributed by atoms with E-state index in [2.05, 4.69) is 0 Å². The van der Waals surface area contributed by atoms with Gasteiger partial charge in [0.05, 0.1) is 5.02 Å². The highest BCUT2D eigenvalue weighted by atomic mass is 35.5. The van der Waals surface area contributed by atoms with Gasteiger partial charge in [0.25, 0.3) is 0 Å². The van der Waals surface area contributed by atoms with Crippen LogP contribution in [0.1, 0.15) is 17.3 Å². The van der Waals surface area contributed by atoms with Crippen LogP contribution in [0.25, 0.3) is 0 Å². The molecule has 0 aliphatic rings. The highest BCUT2D eigenvalue weighted by Crippen LogP contribution is 2.26. The lowest BCUT2D eigenvalue weighted by Crippen LogP contribution is -2.24. The van der Waals surface area contributed by atoms with Crippen molar-refractivity contribution in [2.75, 3.05) is 0 Å². The zero-order valence-electron chi connectivity index (χ0n) is 10.9. The minimum Gasteiger partial charge on any atom is -0.481 e. The molecule has 0 N–H and O–H groups in total. The fourth-order valence-electron chi connectivity index (χ4n) is 1.70. The fraction of sp³-hybridized carbons (Fsp3) is 0.133. The van der Waals surface area contributed by atoms with Crippen molar-refractivity contribution in [3.8, 4) is 5.75 Å². The standard InChI is InChI=1S/C15H10ClF3O2/c1-8(21-14-5-3-10(17)7-11(14)16)15(20)9-2-4-12(18)13(19)6-9/h2-8H,1H3. The van der Waals surface area contributed by atoms with E-state index in [9.17, 15) is 18.0 Å². The number of ketones is 1. The molecule has 21 heavy (non-hydrogen) atoms. The molecule has 6 heteroatoms. The molecule has 1 unspecified atom stereocenters. The SMILES string of the molecule is CC(Oc1ccc(F)cc1Cl)C(=O)c1ccc(F)c(F)c1. The molecular formula is C15H10ClF3O2. The number of hydrogen-bond acceptors (Lipinski definition) is 2. The van der Waals surface area contributed by atoms with Gasteiger partial charge in [0, 0.05) is 5.56 Å². The Morgan fingerprint density at radius 1 is 1.10 bits per heavy atom. The van der Waals surface area contributed by atoms with Crippen molar-refractivity contribution in [3.63, 3.8) is 0 Å². The van der Waals surface area contributed by atoms with E-state index in [0.717, 1.165) is 30.3 Å². The Bertz CT molecular complexity index is 689. The van der Waals surface area contributed by atoms with E-state index < -0.39 is 29.3 Å². The number of carbonyl (C=O) groups is 1. The Morgan fingerprint density at radius 3 is 2.43 bits per heavy atom. The third kappa shape index (κ3) is 3.55. The summed E-state index contributed by atoms with van der Waals surface area (Å²) in [5, 5.41) is 0.0138. The molecule has 0 aliphatic carbocycles. The predicted molar refractivity (Wildman–Crippen MR) is 72.2 cm³/mol. The van der Waals surface area contributed by atoms with Crippen LogP contribution in [0.15, 0.2) is 36.4 Å². The van der Waals surface area contributed by atoms with Gasteiger partial charge in [0.1, 0.15) is 11.6 Å². The topological polar surface area (TPSA) is 26.3 Å². The lowest BCUT2D eigenvalue weighted by Gasteiger charge is -2.15. The fourth-order valence-corrected chi connectivity index (χ4v) is 1.91. The number of carbonyl (C=O) groups excluding carboxylic acids is 1. The maximum absolute atomic E-state index is 13.1. The van der Waals surface area contributed by atoms with Gasteiger partial charge in [0.2, 0.25) is 5.78 Å². The van der Waals surface area contributed by atoms with Crippen LogP contribution in [0, 0.1) is 17.5 Å². The Hall–Kier alpha value is -2.01. The van der Waals surface area contributed by atoms with Crippen molar-refractivity contribution >= 4 is 17.4 Å². The summed E-state index contributed by atoms with van der Waals surface area (Å²) in [6, 6.07) is 6.28. The Kier molecular flexibility index (Phi) is 4.53. The van der Waals surface area contributed by atoms with Gasteiger partial charge in [-0.05, 0) is 43.3 Å². The average Bonchev–Trinajstić information content (AvgIpc) is 2.44. The van der Waals surface area contributed by atoms with Gasteiger partial charge in [-0.2, -0.15) is 0 Å². The maximum Gasteiger partial charge on any atom is 0.203 e. The smallest absolute Gasteiger partial charge is 0.203 e. The van der Waals surface area contributed by atoms with Crippen LogP contribution in [0.4, 0.5) is 13.2 Å². The van der Waals surface area contributed by atoms with Crippen molar-refractivity contribution in [2.45, 2.75) is 13.0 Å². The summed E-state index contributed by atoms with van der Waals surface area (Å²) in [4.78, 5) is 12.1.